The third-order valence-corrected chi connectivity index (χ3v) is 3.53. The van der Waals surface area contributed by atoms with Crippen LogP contribution in [0.1, 0.15) is 24.2 Å². The normalized spacial score (nSPS) is 11.4. The van der Waals surface area contributed by atoms with Gasteiger partial charge in [-0.3, -0.25) is 4.79 Å². The van der Waals surface area contributed by atoms with E-state index in [0.717, 1.165) is 0 Å². The van der Waals surface area contributed by atoms with E-state index in [-0.39, 0.29) is 12.5 Å². The van der Waals surface area contributed by atoms with Gasteiger partial charge in [0, 0.05) is 22.8 Å². The average Bonchev–Trinajstić information content (AvgIpc) is 2.30. The van der Waals surface area contributed by atoms with E-state index in [0.29, 0.717) is 15.7 Å². The number of halogens is 1. The lowest BCUT2D eigenvalue weighted by Gasteiger charge is -2.34. The summed E-state index contributed by atoms with van der Waals surface area (Å²) < 4.78 is 0.693. The fourth-order valence-electron chi connectivity index (χ4n) is 1.23. The third kappa shape index (κ3) is 2.98. The van der Waals surface area contributed by atoms with Crippen molar-refractivity contribution >= 4 is 27.5 Å². The molecule has 1 rings (SSSR count). The molecule has 0 atom stereocenters. The second-order valence-corrected chi connectivity index (χ2v) is 5.43. The molecule has 5 heteroatoms. The first-order chi connectivity index (χ1) is 7.79. The fraction of sp³-hybridized carbons (Fsp3) is 0.417. The second-order valence-electron chi connectivity index (χ2n) is 4.57. The van der Waals surface area contributed by atoms with Gasteiger partial charge in [0.15, 0.2) is 0 Å². The zero-order chi connectivity index (χ0) is 13.2. The van der Waals surface area contributed by atoms with Crippen molar-refractivity contribution in [2.45, 2.75) is 19.4 Å². The van der Waals surface area contributed by atoms with Crippen molar-refractivity contribution in [2.24, 2.45) is 0 Å². The molecule has 4 nitrogen and oxygen atoms in total. The molecular formula is C12H17BrN2O2. The molecule has 0 heterocycles. The smallest absolute Gasteiger partial charge is 0.254 e. The minimum absolute atomic E-state index is 0.0919. The summed E-state index contributed by atoms with van der Waals surface area (Å²) in [6.45, 7) is 3.51. The number of nitrogen functional groups attached to an aromatic ring is 1. The maximum absolute atomic E-state index is 12.2. The van der Waals surface area contributed by atoms with Gasteiger partial charge >= 0.3 is 0 Å². The van der Waals surface area contributed by atoms with Crippen molar-refractivity contribution in [1.82, 2.24) is 4.90 Å². The summed E-state index contributed by atoms with van der Waals surface area (Å²) >= 11 is 3.29. The van der Waals surface area contributed by atoms with Crippen LogP contribution in [0.5, 0.6) is 0 Å². The van der Waals surface area contributed by atoms with Gasteiger partial charge in [-0.25, -0.2) is 0 Å². The number of aliphatic hydroxyl groups is 1. The van der Waals surface area contributed by atoms with Crippen LogP contribution in [-0.4, -0.2) is 35.1 Å². The molecule has 0 radical (unpaired) electrons. The quantitative estimate of drug-likeness (QED) is 0.838. The highest BCUT2D eigenvalue weighted by molar-refractivity contribution is 9.10. The number of rotatable bonds is 3. The van der Waals surface area contributed by atoms with Gasteiger partial charge in [-0.15, -0.1) is 0 Å². The molecule has 0 bridgehead atoms. The largest absolute Gasteiger partial charge is 0.398 e. The zero-order valence-corrected chi connectivity index (χ0v) is 11.8. The highest BCUT2D eigenvalue weighted by atomic mass is 79.9. The van der Waals surface area contributed by atoms with Crippen molar-refractivity contribution < 1.29 is 9.90 Å². The Morgan fingerprint density at radius 2 is 2.12 bits per heavy atom. The van der Waals surface area contributed by atoms with Crippen LogP contribution in [0, 0.1) is 0 Å². The molecule has 0 aliphatic rings. The topological polar surface area (TPSA) is 66.6 Å². The molecule has 17 heavy (non-hydrogen) atoms. The summed E-state index contributed by atoms with van der Waals surface area (Å²) in [6, 6.07) is 5.03. The Kier molecular flexibility index (Phi) is 4.16. The van der Waals surface area contributed by atoms with Gasteiger partial charge in [-0.05, 0) is 48.0 Å². The lowest BCUT2D eigenvalue weighted by molar-refractivity contribution is 0.0473. The standard InChI is InChI=1S/C12H17BrN2O2/c1-12(2,7-16)15(3)11(17)8-4-5-10(14)9(13)6-8/h4-6,16H,7,14H2,1-3H3. The molecule has 0 unspecified atom stereocenters. The van der Waals surface area contributed by atoms with E-state index in [1.165, 1.54) is 4.90 Å². The summed E-state index contributed by atoms with van der Waals surface area (Å²) in [5.74, 6) is -0.148. The van der Waals surface area contributed by atoms with Crippen molar-refractivity contribution in [3.05, 3.63) is 28.2 Å². The highest BCUT2D eigenvalue weighted by Gasteiger charge is 2.27. The Balaban J connectivity index is 3.01. The van der Waals surface area contributed by atoms with E-state index in [2.05, 4.69) is 15.9 Å². The van der Waals surface area contributed by atoms with Crippen LogP contribution < -0.4 is 5.73 Å². The van der Waals surface area contributed by atoms with Crippen LogP contribution in [-0.2, 0) is 0 Å². The molecule has 0 saturated carbocycles. The molecule has 1 amide bonds. The molecule has 0 fully saturated rings. The predicted molar refractivity (Wildman–Crippen MR) is 71.8 cm³/mol. The lowest BCUT2D eigenvalue weighted by Crippen LogP contribution is -2.47. The molecule has 94 valence electrons. The minimum atomic E-state index is -0.592. The van der Waals surface area contributed by atoms with E-state index in [4.69, 9.17) is 5.73 Å². The van der Waals surface area contributed by atoms with Crippen LogP contribution >= 0.6 is 15.9 Å². The van der Waals surface area contributed by atoms with Gasteiger partial charge in [0.25, 0.3) is 5.91 Å². The van der Waals surface area contributed by atoms with Crippen LogP contribution in [0.3, 0.4) is 0 Å². The number of hydrogen-bond donors (Lipinski definition) is 2. The van der Waals surface area contributed by atoms with E-state index in [1.807, 2.05) is 0 Å². The van der Waals surface area contributed by atoms with Gasteiger partial charge < -0.3 is 15.7 Å². The number of carbonyl (C=O) groups excluding carboxylic acids is 1. The van der Waals surface area contributed by atoms with Gasteiger partial charge in [0.2, 0.25) is 0 Å². The van der Waals surface area contributed by atoms with Gasteiger partial charge in [0.1, 0.15) is 0 Å². The zero-order valence-electron chi connectivity index (χ0n) is 10.2. The SMILES string of the molecule is CN(C(=O)c1ccc(N)c(Br)c1)C(C)(C)CO. The Bertz CT molecular complexity index is 433. The Labute approximate surface area is 110 Å². The Morgan fingerprint density at radius 3 is 2.59 bits per heavy atom. The van der Waals surface area contributed by atoms with E-state index < -0.39 is 5.54 Å². The first-order valence-electron chi connectivity index (χ1n) is 5.23. The van der Waals surface area contributed by atoms with Crippen LogP contribution in [0.15, 0.2) is 22.7 Å². The van der Waals surface area contributed by atoms with Crippen molar-refractivity contribution in [1.29, 1.82) is 0 Å². The second kappa shape index (κ2) is 5.06. The summed E-state index contributed by atoms with van der Waals surface area (Å²) in [7, 11) is 1.67. The lowest BCUT2D eigenvalue weighted by atomic mass is 10.0. The Morgan fingerprint density at radius 1 is 1.53 bits per heavy atom. The number of likely N-dealkylation sites (N-methyl/N-ethyl adjacent to an activating group) is 1. The third-order valence-electron chi connectivity index (χ3n) is 2.85. The molecule has 0 aliphatic heterocycles. The summed E-state index contributed by atoms with van der Waals surface area (Å²) in [6.07, 6.45) is 0. The van der Waals surface area contributed by atoms with E-state index in [9.17, 15) is 9.90 Å². The monoisotopic (exact) mass is 300 g/mol. The van der Waals surface area contributed by atoms with Crippen LogP contribution in [0.4, 0.5) is 5.69 Å². The predicted octanol–water partition coefficient (Wildman–Crippen LogP) is 1.87. The van der Waals surface area contributed by atoms with Crippen LogP contribution in [0.2, 0.25) is 0 Å². The maximum atomic E-state index is 12.2. The molecule has 0 saturated heterocycles. The number of hydrogen-bond acceptors (Lipinski definition) is 3. The van der Waals surface area contributed by atoms with Gasteiger partial charge in [0.05, 0.1) is 12.1 Å². The molecule has 0 spiro atoms. The number of carbonyl (C=O) groups is 1. The van der Waals surface area contributed by atoms with E-state index >= 15 is 0 Å². The van der Waals surface area contributed by atoms with Crippen molar-refractivity contribution in [3.8, 4) is 0 Å². The van der Waals surface area contributed by atoms with Gasteiger partial charge in [-0.1, -0.05) is 0 Å². The molecule has 1 aromatic carbocycles. The Hall–Kier alpha value is -1.07. The number of amides is 1. The van der Waals surface area contributed by atoms with Crippen molar-refractivity contribution in [3.63, 3.8) is 0 Å². The number of nitrogens with zero attached hydrogens (tertiary/aromatic N) is 1. The van der Waals surface area contributed by atoms with Crippen LogP contribution in [0.25, 0.3) is 0 Å². The van der Waals surface area contributed by atoms with Gasteiger partial charge in [-0.2, -0.15) is 0 Å². The number of anilines is 1. The molecule has 1 aromatic rings. The average molecular weight is 301 g/mol. The molecule has 3 N–H and O–H groups in total. The fourth-order valence-corrected chi connectivity index (χ4v) is 1.61. The molecule has 0 aromatic heterocycles. The number of benzene rings is 1. The number of nitrogens with two attached hydrogens (primary N) is 1. The highest BCUT2D eigenvalue weighted by Crippen LogP contribution is 2.22. The summed E-state index contributed by atoms with van der Waals surface area (Å²) in [4.78, 5) is 13.7. The summed E-state index contributed by atoms with van der Waals surface area (Å²) in [5.41, 5.74) is 6.20. The molecular weight excluding hydrogens is 284 g/mol. The number of aliphatic hydroxyl groups excluding tert-OH is 1. The first-order valence-corrected chi connectivity index (χ1v) is 6.03. The molecule has 0 aliphatic carbocycles. The van der Waals surface area contributed by atoms with E-state index in [1.54, 1.807) is 39.1 Å². The summed E-state index contributed by atoms with van der Waals surface area (Å²) in [5, 5.41) is 9.24. The first kappa shape index (κ1) is 14.0. The minimum Gasteiger partial charge on any atom is -0.398 e. The van der Waals surface area contributed by atoms with Crippen molar-refractivity contribution in [2.75, 3.05) is 19.4 Å². The maximum Gasteiger partial charge on any atom is 0.254 e.